The minimum atomic E-state index is -0.0861. The lowest BCUT2D eigenvalue weighted by atomic mass is 10.1. The summed E-state index contributed by atoms with van der Waals surface area (Å²) < 4.78 is 0. The van der Waals surface area contributed by atoms with Crippen molar-refractivity contribution >= 4 is 35.8 Å². The highest BCUT2D eigenvalue weighted by Gasteiger charge is 2.05. The Morgan fingerprint density at radius 3 is 2.41 bits per heavy atom. The summed E-state index contributed by atoms with van der Waals surface area (Å²) in [5.74, 6) is 0.681. The second kappa shape index (κ2) is 12.3. The van der Waals surface area contributed by atoms with Crippen LogP contribution in [0.2, 0.25) is 0 Å². The predicted octanol–water partition coefficient (Wildman–Crippen LogP) is 3.48. The molecule has 0 aliphatic rings. The summed E-state index contributed by atoms with van der Waals surface area (Å²) in [6, 6.07) is 16.0. The van der Waals surface area contributed by atoms with Crippen LogP contribution in [0, 0.1) is 0 Å². The van der Waals surface area contributed by atoms with Crippen LogP contribution in [0.25, 0.3) is 0 Å². The molecule has 0 aliphatic heterocycles. The molecule has 0 atom stereocenters. The molecule has 0 spiro atoms. The summed E-state index contributed by atoms with van der Waals surface area (Å²) in [5, 5.41) is 9.30. The Morgan fingerprint density at radius 1 is 1.00 bits per heavy atom. The summed E-state index contributed by atoms with van der Waals surface area (Å²) in [5.41, 5.74) is 4.27. The number of hydrogen-bond donors (Lipinski definition) is 3. The van der Waals surface area contributed by atoms with E-state index < -0.39 is 0 Å². The van der Waals surface area contributed by atoms with Crippen LogP contribution in [0.1, 0.15) is 40.9 Å². The van der Waals surface area contributed by atoms with Crippen LogP contribution in [0.4, 0.5) is 0 Å². The lowest BCUT2D eigenvalue weighted by Gasteiger charge is -2.13. The highest BCUT2D eigenvalue weighted by Crippen LogP contribution is 2.09. The van der Waals surface area contributed by atoms with Gasteiger partial charge in [0.2, 0.25) is 0 Å². The molecular weight excluding hydrogens is 451 g/mol. The summed E-state index contributed by atoms with van der Waals surface area (Å²) in [7, 11) is 1.63. The van der Waals surface area contributed by atoms with Crippen molar-refractivity contribution in [1.82, 2.24) is 16.0 Å². The summed E-state index contributed by atoms with van der Waals surface area (Å²) in [6.07, 6.45) is 1.01. The molecule has 0 aliphatic carbocycles. The number of benzene rings is 2. The first-order chi connectivity index (χ1) is 12.7. The number of nitrogens with zero attached hydrogens (tertiary/aromatic N) is 1. The van der Waals surface area contributed by atoms with Gasteiger partial charge in [0.1, 0.15) is 0 Å². The number of aryl methyl sites for hydroxylation is 1. The van der Waals surface area contributed by atoms with Gasteiger partial charge in [-0.1, -0.05) is 43.3 Å². The molecule has 2 aromatic carbocycles. The van der Waals surface area contributed by atoms with Gasteiger partial charge in [0, 0.05) is 25.7 Å². The molecule has 0 saturated carbocycles. The maximum atomic E-state index is 11.8. The van der Waals surface area contributed by atoms with Gasteiger partial charge in [-0.15, -0.1) is 24.0 Å². The van der Waals surface area contributed by atoms with Gasteiger partial charge in [-0.05, 0) is 42.2 Å². The molecule has 0 heterocycles. The lowest BCUT2D eigenvalue weighted by molar-refractivity contribution is 0.0963. The van der Waals surface area contributed by atoms with E-state index in [1.165, 1.54) is 11.1 Å². The molecule has 0 saturated heterocycles. The number of aliphatic imine (C=N–C) groups is 1. The number of carbonyl (C=O) groups is 1. The zero-order valence-corrected chi connectivity index (χ0v) is 18.5. The Labute approximate surface area is 179 Å². The Balaban J connectivity index is 0.00000364. The fraction of sp³-hybridized carbons (Fsp3) is 0.333. The number of halogens is 1. The quantitative estimate of drug-likeness (QED) is 0.323. The zero-order valence-electron chi connectivity index (χ0n) is 16.2. The van der Waals surface area contributed by atoms with E-state index in [9.17, 15) is 4.79 Å². The lowest BCUT2D eigenvalue weighted by Crippen LogP contribution is -2.37. The van der Waals surface area contributed by atoms with Gasteiger partial charge in [0.15, 0.2) is 5.96 Å². The molecule has 2 aromatic rings. The van der Waals surface area contributed by atoms with Crippen molar-refractivity contribution in [3.8, 4) is 0 Å². The van der Waals surface area contributed by atoms with Crippen LogP contribution in [0.5, 0.6) is 0 Å². The summed E-state index contributed by atoms with van der Waals surface area (Å²) in [4.78, 5) is 16.4. The average Bonchev–Trinajstić information content (AvgIpc) is 2.69. The van der Waals surface area contributed by atoms with E-state index in [1.807, 2.05) is 25.1 Å². The van der Waals surface area contributed by atoms with Gasteiger partial charge in [-0.2, -0.15) is 0 Å². The maximum absolute atomic E-state index is 11.8. The van der Waals surface area contributed by atoms with E-state index in [4.69, 9.17) is 0 Å². The van der Waals surface area contributed by atoms with Crippen molar-refractivity contribution in [1.29, 1.82) is 0 Å². The predicted molar refractivity (Wildman–Crippen MR) is 123 cm³/mol. The smallest absolute Gasteiger partial charge is 0.251 e. The molecule has 0 fully saturated rings. The van der Waals surface area contributed by atoms with Crippen LogP contribution in [0.15, 0.2) is 53.5 Å². The van der Waals surface area contributed by atoms with E-state index in [0.717, 1.165) is 31.0 Å². The molecule has 146 valence electrons. The molecule has 0 aromatic heterocycles. The van der Waals surface area contributed by atoms with E-state index in [0.29, 0.717) is 12.1 Å². The maximum Gasteiger partial charge on any atom is 0.251 e. The Morgan fingerprint density at radius 2 is 1.74 bits per heavy atom. The van der Waals surface area contributed by atoms with Gasteiger partial charge in [0.05, 0.1) is 6.54 Å². The molecule has 27 heavy (non-hydrogen) atoms. The van der Waals surface area contributed by atoms with Gasteiger partial charge in [0.25, 0.3) is 5.91 Å². The molecule has 0 unspecified atom stereocenters. The molecule has 2 rings (SSSR count). The van der Waals surface area contributed by atoms with E-state index >= 15 is 0 Å². The van der Waals surface area contributed by atoms with Crippen molar-refractivity contribution in [3.05, 3.63) is 70.8 Å². The fourth-order valence-electron chi connectivity index (χ4n) is 2.72. The van der Waals surface area contributed by atoms with Crippen molar-refractivity contribution < 1.29 is 4.79 Å². The first-order valence-corrected chi connectivity index (χ1v) is 9.07. The minimum absolute atomic E-state index is 0. The third kappa shape index (κ3) is 7.21. The molecule has 3 N–H and O–H groups in total. The van der Waals surface area contributed by atoms with Crippen LogP contribution in [0.3, 0.4) is 0 Å². The Hall–Kier alpha value is -2.09. The number of carbonyl (C=O) groups excluding carboxylic acids is 1. The fourth-order valence-corrected chi connectivity index (χ4v) is 2.72. The average molecular weight is 480 g/mol. The van der Waals surface area contributed by atoms with Crippen molar-refractivity contribution in [3.63, 3.8) is 0 Å². The van der Waals surface area contributed by atoms with Crippen molar-refractivity contribution in [2.75, 3.05) is 13.6 Å². The topological polar surface area (TPSA) is 65.5 Å². The normalized spacial score (nSPS) is 10.7. The van der Waals surface area contributed by atoms with E-state index in [1.54, 1.807) is 13.1 Å². The first-order valence-electron chi connectivity index (χ1n) is 9.07. The third-order valence-electron chi connectivity index (χ3n) is 4.13. The second-order valence-electron chi connectivity index (χ2n) is 5.95. The minimum Gasteiger partial charge on any atom is -0.357 e. The van der Waals surface area contributed by atoms with Gasteiger partial charge < -0.3 is 16.0 Å². The number of nitrogens with one attached hydrogen (secondary N) is 3. The van der Waals surface area contributed by atoms with Crippen molar-refractivity contribution in [2.24, 2.45) is 4.99 Å². The SMILES string of the molecule is CCNC(=NCc1cccc(C(=O)NC)c1)NCc1ccccc1CC.I. The van der Waals surface area contributed by atoms with E-state index in [-0.39, 0.29) is 29.9 Å². The van der Waals surface area contributed by atoms with Crippen LogP contribution >= 0.6 is 24.0 Å². The molecule has 1 amide bonds. The zero-order chi connectivity index (χ0) is 18.8. The van der Waals surface area contributed by atoms with Gasteiger partial charge in [-0.25, -0.2) is 4.99 Å². The summed E-state index contributed by atoms with van der Waals surface area (Å²) in [6.45, 7) is 6.24. The molecule has 6 heteroatoms. The largest absolute Gasteiger partial charge is 0.357 e. The second-order valence-corrected chi connectivity index (χ2v) is 5.95. The van der Waals surface area contributed by atoms with Crippen LogP contribution < -0.4 is 16.0 Å². The molecule has 0 radical (unpaired) electrons. The molecule has 0 bridgehead atoms. The monoisotopic (exact) mass is 480 g/mol. The summed E-state index contributed by atoms with van der Waals surface area (Å²) >= 11 is 0. The van der Waals surface area contributed by atoms with Crippen LogP contribution in [-0.2, 0) is 19.5 Å². The highest BCUT2D eigenvalue weighted by atomic mass is 127. The standard InChI is InChI=1S/C21H28N4O.HI/c1-4-17-10-6-7-11-19(17)15-25-21(23-5-2)24-14-16-9-8-12-18(13-16)20(26)22-3;/h6-13H,4-5,14-15H2,1-3H3,(H,22,26)(H2,23,24,25);1H. The number of guanidine groups is 1. The Kier molecular flexibility index (Phi) is 10.5. The Bertz CT molecular complexity index is 761. The van der Waals surface area contributed by atoms with Gasteiger partial charge in [-0.3, -0.25) is 4.79 Å². The first kappa shape index (κ1) is 23.0. The van der Waals surface area contributed by atoms with Crippen molar-refractivity contribution in [2.45, 2.75) is 33.4 Å². The number of rotatable bonds is 7. The number of hydrogen-bond acceptors (Lipinski definition) is 2. The molecule has 5 nitrogen and oxygen atoms in total. The van der Waals surface area contributed by atoms with E-state index in [2.05, 4.69) is 52.1 Å². The van der Waals surface area contributed by atoms with Gasteiger partial charge >= 0.3 is 0 Å². The number of amides is 1. The van der Waals surface area contributed by atoms with Crippen LogP contribution in [-0.4, -0.2) is 25.5 Å². The highest BCUT2D eigenvalue weighted by molar-refractivity contribution is 14.0. The third-order valence-corrected chi connectivity index (χ3v) is 4.13. The molecular formula is C21H29IN4O.